The summed E-state index contributed by atoms with van der Waals surface area (Å²) in [5, 5.41) is 17.2. The van der Waals surface area contributed by atoms with Crippen LogP contribution in [-0.2, 0) is 0 Å². The summed E-state index contributed by atoms with van der Waals surface area (Å²) in [5.41, 5.74) is 0. The van der Waals surface area contributed by atoms with E-state index in [-0.39, 0.29) is 0 Å². The van der Waals surface area contributed by atoms with Crippen LogP contribution in [-0.4, -0.2) is 16.8 Å². The minimum absolute atomic E-state index is 0.322. The fraction of sp³-hybridized carbons (Fsp3) is 0.667. The maximum Gasteiger partial charge on any atom is 0.115 e. The molecule has 2 N–H and O–H groups in total. The molecule has 0 fully saturated rings. The Bertz CT molecular complexity index is 262. The van der Waals surface area contributed by atoms with Gasteiger partial charge in [0.05, 0.1) is 0 Å². The number of phenols is 1. The van der Waals surface area contributed by atoms with Crippen LogP contribution in [0.1, 0.15) is 71.1 Å². The normalized spacial score (nSPS) is 9.90. The maximum absolute atomic E-state index is 8.63. The van der Waals surface area contributed by atoms with Gasteiger partial charge in [0.2, 0.25) is 0 Å². The van der Waals surface area contributed by atoms with Crippen LogP contribution >= 0.6 is 0 Å². The number of hydrogen-bond acceptors (Lipinski definition) is 2. The van der Waals surface area contributed by atoms with Crippen molar-refractivity contribution in [2.75, 3.05) is 6.61 Å². The second kappa shape index (κ2) is 16.0. The molecule has 0 saturated heterocycles. The molecule has 20 heavy (non-hydrogen) atoms. The van der Waals surface area contributed by atoms with Crippen molar-refractivity contribution in [1.82, 2.24) is 0 Å². The molecule has 0 bridgehead atoms. The van der Waals surface area contributed by atoms with Crippen molar-refractivity contribution in [2.24, 2.45) is 0 Å². The molecular formula is C18H32O2. The highest BCUT2D eigenvalue weighted by atomic mass is 16.3. The summed E-state index contributed by atoms with van der Waals surface area (Å²) in [6, 6.07) is 8.71. The van der Waals surface area contributed by atoms with Crippen molar-refractivity contribution >= 4 is 0 Å². The van der Waals surface area contributed by atoms with Gasteiger partial charge in [-0.2, -0.15) is 0 Å². The second-order valence-corrected chi connectivity index (χ2v) is 5.24. The van der Waals surface area contributed by atoms with Gasteiger partial charge >= 0.3 is 0 Å². The molecule has 0 atom stereocenters. The first-order valence-corrected chi connectivity index (χ1v) is 8.16. The molecule has 0 unspecified atom stereocenters. The van der Waals surface area contributed by atoms with E-state index in [4.69, 9.17) is 10.2 Å². The smallest absolute Gasteiger partial charge is 0.115 e. The van der Waals surface area contributed by atoms with E-state index < -0.39 is 0 Å². The molecule has 1 aromatic rings. The van der Waals surface area contributed by atoms with E-state index in [1.165, 1.54) is 57.8 Å². The van der Waals surface area contributed by atoms with Gasteiger partial charge in [0.25, 0.3) is 0 Å². The molecule has 0 aliphatic heterocycles. The van der Waals surface area contributed by atoms with Crippen LogP contribution in [0.4, 0.5) is 0 Å². The predicted octanol–water partition coefficient (Wildman–Crippen LogP) is 5.29. The Kier molecular flexibility index (Phi) is 15.2. The van der Waals surface area contributed by atoms with E-state index in [1.807, 2.05) is 6.07 Å². The second-order valence-electron chi connectivity index (χ2n) is 5.24. The summed E-state index contributed by atoms with van der Waals surface area (Å²) >= 11 is 0. The average Bonchev–Trinajstić information content (AvgIpc) is 2.47. The van der Waals surface area contributed by atoms with Gasteiger partial charge < -0.3 is 10.2 Å². The molecular weight excluding hydrogens is 248 g/mol. The van der Waals surface area contributed by atoms with Crippen LogP contribution < -0.4 is 0 Å². The lowest BCUT2D eigenvalue weighted by Gasteiger charge is -2.00. The van der Waals surface area contributed by atoms with E-state index in [0.29, 0.717) is 12.4 Å². The third-order valence-electron chi connectivity index (χ3n) is 3.27. The Hall–Kier alpha value is -1.02. The van der Waals surface area contributed by atoms with Crippen molar-refractivity contribution in [2.45, 2.75) is 71.1 Å². The topological polar surface area (TPSA) is 40.5 Å². The number of aliphatic hydroxyl groups is 1. The van der Waals surface area contributed by atoms with E-state index in [1.54, 1.807) is 24.3 Å². The maximum atomic E-state index is 8.63. The molecule has 2 nitrogen and oxygen atoms in total. The lowest BCUT2D eigenvalue weighted by atomic mass is 10.1. The summed E-state index contributed by atoms with van der Waals surface area (Å²) in [6.07, 6.45) is 13.3. The molecule has 0 aliphatic carbocycles. The first kappa shape index (κ1) is 19.0. The highest BCUT2D eigenvalue weighted by Crippen LogP contribution is 2.10. The van der Waals surface area contributed by atoms with E-state index in [0.717, 1.165) is 6.42 Å². The summed E-state index contributed by atoms with van der Waals surface area (Å²) in [5.74, 6) is 0.322. The van der Waals surface area contributed by atoms with Crippen molar-refractivity contribution in [1.29, 1.82) is 0 Å². The van der Waals surface area contributed by atoms with Crippen LogP contribution in [0.3, 0.4) is 0 Å². The van der Waals surface area contributed by atoms with Crippen molar-refractivity contribution < 1.29 is 10.2 Å². The summed E-state index contributed by atoms with van der Waals surface area (Å²) in [7, 11) is 0. The molecule has 0 aromatic heterocycles. The minimum Gasteiger partial charge on any atom is -0.508 e. The number of rotatable bonds is 10. The highest BCUT2D eigenvalue weighted by molar-refractivity contribution is 5.18. The van der Waals surface area contributed by atoms with Gasteiger partial charge in [-0.15, -0.1) is 0 Å². The van der Waals surface area contributed by atoms with Gasteiger partial charge in [-0.25, -0.2) is 0 Å². The largest absolute Gasteiger partial charge is 0.508 e. The Morgan fingerprint density at radius 1 is 0.700 bits per heavy atom. The highest BCUT2D eigenvalue weighted by Gasteiger charge is 1.91. The van der Waals surface area contributed by atoms with Crippen LogP contribution in [0.15, 0.2) is 30.3 Å². The van der Waals surface area contributed by atoms with Crippen LogP contribution in [0.5, 0.6) is 5.75 Å². The van der Waals surface area contributed by atoms with E-state index in [9.17, 15) is 0 Å². The van der Waals surface area contributed by atoms with Gasteiger partial charge in [0.15, 0.2) is 0 Å². The van der Waals surface area contributed by atoms with Crippen molar-refractivity contribution in [3.63, 3.8) is 0 Å². The SMILES string of the molecule is CCCCCCCCCCCCO.Oc1ccccc1. The third-order valence-corrected chi connectivity index (χ3v) is 3.27. The van der Waals surface area contributed by atoms with Crippen molar-refractivity contribution in [3.05, 3.63) is 30.3 Å². The van der Waals surface area contributed by atoms with E-state index in [2.05, 4.69) is 6.92 Å². The number of hydrogen-bond donors (Lipinski definition) is 2. The lowest BCUT2D eigenvalue weighted by Crippen LogP contribution is -1.84. The van der Waals surface area contributed by atoms with Crippen LogP contribution in [0, 0.1) is 0 Å². The fourth-order valence-electron chi connectivity index (χ4n) is 2.03. The van der Waals surface area contributed by atoms with Gasteiger partial charge in [-0.3, -0.25) is 0 Å². The predicted molar refractivity (Wildman–Crippen MR) is 87.0 cm³/mol. The monoisotopic (exact) mass is 280 g/mol. The number of phenolic OH excluding ortho intramolecular Hbond substituents is 1. The Morgan fingerprint density at radius 3 is 1.50 bits per heavy atom. The first-order valence-electron chi connectivity index (χ1n) is 8.16. The molecule has 0 heterocycles. The van der Waals surface area contributed by atoms with Crippen LogP contribution in [0.25, 0.3) is 0 Å². The third kappa shape index (κ3) is 15.0. The summed E-state index contributed by atoms with van der Waals surface area (Å²) in [6.45, 7) is 2.63. The Balaban J connectivity index is 0.000000428. The number of aliphatic hydroxyl groups excluding tert-OH is 1. The number of benzene rings is 1. The first-order chi connectivity index (χ1) is 9.81. The summed E-state index contributed by atoms with van der Waals surface area (Å²) in [4.78, 5) is 0. The fourth-order valence-corrected chi connectivity index (χ4v) is 2.03. The van der Waals surface area contributed by atoms with E-state index >= 15 is 0 Å². The molecule has 1 aromatic carbocycles. The number of unbranched alkanes of at least 4 members (excludes halogenated alkanes) is 9. The van der Waals surface area contributed by atoms with Crippen molar-refractivity contribution in [3.8, 4) is 5.75 Å². The lowest BCUT2D eigenvalue weighted by molar-refractivity contribution is 0.282. The van der Waals surface area contributed by atoms with Gasteiger partial charge in [-0.1, -0.05) is 82.9 Å². The molecule has 0 saturated carbocycles. The molecule has 1 rings (SSSR count). The molecule has 0 amide bonds. The molecule has 116 valence electrons. The minimum atomic E-state index is 0.322. The van der Waals surface area contributed by atoms with Gasteiger partial charge in [-0.05, 0) is 18.6 Å². The molecule has 0 aliphatic rings. The quantitative estimate of drug-likeness (QED) is 0.571. The van der Waals surface area contributed by atoms with Gasteiger partial charge in [0, 0.05) is 6.61 Å². The standard InChI is InChI=1S/C12H26O.C6H6O/c1-2-3-4-5-6-7-8-9-10-11-12-13;7-6-4-2-1-3-5-6/h13H,2-12H2,1H3;1-5,7H. The zero-order valence-electron chi connectivity index (χ0n) is 13.1. The Morgan fingerprint density at radius 2 is 1.15 bits per heavy atom. The van der Waals surface area contributed by atoms with Crippen LogP contribution in [0.2, 0.25) is 0 Å². The average molecular weight is 280 g/mol. The zero-order chi connectivity index (χ0) is 14.9. The number of para-hydroxylation sites is 1. The van der Waals surface area contributed by atoms with Gasteiger partial charge in [0.1, 0.15) is 5.75 Å². The molecule has 2 heteroatoms. The number of aromatic hydroxyl groups is 1. The Labute approximate surface area is 124 Å². The summed E-state index contributed by atoms with van der Waals surface area (Å²) < 4.78 is 0. The zero-order valence-corrected chi connectivity index (χ0v) is 13.1. The molecule has 0 spiro atoms. The molecule has 0 radical (unpaired) electrons.